The maximum absolute atomic E-state index is 11.6. The molecule has 0 heterocycles. The van der Waals surface area contributed by atoms with Crippen molar-refractivity contribution in [3.05, 3.63) is 4.91 Å². The molecule has 0 bridgehead atoms. The van der Waals surface area contributed by atoms with Gasteiger partial charge in [-0.1, -0.05) is 67.5 Å². The molecule has 2 unspecified atom stereocenters. The molecule has 0 aromatic rings. The molecule has 0 aromatic carbocycles. The van der Waals surface area contributed by atoms with Crippen LogP contribution in [0, 0.1) is 38.9 Å². The Morgan fingerprint density at radius 3 is 1.25 bits per heavy atom. The summed E-state index contributed by atoms with van der Waals surface area (Å²) >= 11 is 0. The standard InChI is InChI=1S/C18H35NO/c1-16(2,3)12-10-13(17(4,5)6)15(19-20)14(11-12)18(7,8)9/h12-15H,10-11H2,1-9H3. The van der Waals surface area contributed by atoms with Gasteiger partial charge in [-0.15, -0.1) is 0 Å². The summed E-state index contributed by atoms with van der Waals surface area (Å²) in [4.78, 5) is 11.6. The lowest BCUT2D eigenvalue weighted by Crippen LogP contribution is -2.48. The lowest BCUT2D eigenvalue weighted by molar-refractivity contribution is -0.00763. The fourth-order valence-electron chi connectivity index (χ4n) is 3.85. The monoisotopic (exact) mass is 281 g/mol. The first-order valence-electron chi connectivity index (χ1n) is 8.11. The second-order valence-corrected chi connectivity index (χ2v) is 10.1. The molecule has 1 aliphatic carbocycles. The Morgan fingerprint density at radius 2 is 1.05 bits per heavy atom. The predicted octanol–water partition coefficient (Wildman–Crippen LogP) is 5.90. The summed E-state index contributed by atoms with van der Waals surface area (Å²) in [5, 5.41) is 3.61. The molecule has 0 radical (unpaired) electrons. The van der Waals surface area contributed by atoms with Crippen LogP contribution in [0.4, 0.5) is 0 Å². The van der Waals surface area contributed by atoms with E-state index in [0.29, 0.717) is 23.2 Å². The van der Waals surface area contributed by atoms with Crippen molar-refractivity contribution in [1.29, 1.82) is 0 Å². The lowest BCUT2D eigenvalue weighted by Gasteiger charge is -2.51. The van der Waals surface area contributed by atoms with Crippen molar-refractivity contribution in [2.24, 2.45) is 39.2 Å². The van der Waals surface area contributed by atoms with E-state index in [4.69, 9.17) is 0 Å². The Bertz CT molecular complexity index is 316. The maximum Gasteiger partial charge on any atom is 0.0985 e. The van der Waals surface area contributed by atoms with Crippen LogP contribution in [-0.4, -0.2) is 6.04 Å². The van der Waals surface area contributed by atoms with E-state index < -0.39 is 0 Å². The predicted molar refractivity (Wildman–Crippen MR) is 87.7 cm³/mol. The fraction of sp³-hybridized carbons (Fsp3) is 1.00. The second-order valence-electron chi connectivity index (χ2n) is 10.1. The zero-order valence-electron chi connectivity index (χ0n) is 15.1. The first kappa shape index (κ1) is 17.7. The zero-order valence-corrected chi connectivity index (χ0v) is 15.1. The molecule has 2 heteroatoms. The Balaban J connectivity index is 3.20. The summed E-state index contributed by atoms with van der Waals surface area (Å²) in [5.74, 6) is 1.46. The van der Waals surface area contributed by atoms with Crippen molar-refractivity contribution in [2.45, 2.75) is 81.2 Å². The van der Waals surface area contributed by atoms with Gasteiger partial charge in [0.2, 0.25) is 0 Å². The molecule has 1 aliphatic rings. The molecule has 2 nitrogen and oxygen atoms in total. The number of hydrogen-bond donors (Lipinski definition) is 0. The van der Waals surface area contributed by atoms with Gasteiger partial charge in [0.1, 0.15) is 0 Å². The summed E-state index contributed by atoms with van der Waals surface area (Å²) in [6.45, 7) is 20.6. The Kier molecular flexibility index (Phi) is 4.78. The highest BCUT2D eigenvalue weighted by atomic mass is 16.3. The van der Waals surface area contributed by atoms with Gasteiger partial charge in [0.25, 0.3) is 0 Å². The van der Waals surface area contributed by atoms with Crippen molar-refractivity contribution in [3.63, 3.8) is 0 Å². The quantitative estimate of drug-likeness (QED) is 0.550. The van der Waals surface area contributed by atoms with Crippen LogP contribution in [0.15, 0.2) is 5.18 Å². The van der Waals surface area contributed by atoms with Crippen molar-refractivity contribution in [3.8, 4) is 0 Å². The maximum atomic E-state index is 11.6. The highest BCUT2D eigenvalue weighted by molar-refractivity contribution is 5.00. The van der Waals surface area contributed by atoms with Crippen LogP contribution in [0.2, 0.25) is 0 Å². The SMILES string of the molecule is CC(C)(C)C1CC(C(C)(C)C)C(N=O)C(C(C)(C)C)C1. The van der Waals surface area contributed by atoms with Crippen LogP contribution in [-0.2, 0) is 0 Å². The van der Waals surface area contributed by atoms with Gasteiger partial charge in [-0.05, 0) is 46.8 Å². The van der Waals surface area contributed by atoms with Crippen LogP contribution in [0.5, 0.6) is 0 Å². The van der Waals surface area contributed by atoms with Crippen LogP contribution in [0.25, 0.3) is 0 Å². The van der Waals surface area contributed by atoms with Gasteiger partial charge >= 0.3 is 0 Å². The molecule has 0 aromatic heterocycles. The minimum Gasteiger partial charge on any atom is -0.150 e. The third kappa shape index (κ3) is 3.83. The summed E-state index contributed by atoms with van der Waals surface area (Å²) in [5.41, 5.74) is 0.596. The largest absolute Gasteiger partial charge is 0.150 e. The number of nitroso groups, excluding NO2 is 1. The van der Waals surface area contributed by atoms with Crippen LogP contribution in [0.3, 0.4) is 0 Å². The first-order valence-corrected chi connectivity index (χ1v) is 8.11. The lowest BCUT2D eigenvalue weighted by atomic mass is 9.54. The average molecular weight is 281 g/mol. The molecular weight excluding hydrogens is 246 g/mol. The molecule has 20 heavy (non-hydrogen) atoms. The zero-order chi connectivity index (χ0) is 15.9. The number of nitrogens with zero attached hydrogens (tertiary/aromatic N) is 1. The van der Waals surface area contributed by atoms with Crippen molar-refractivity contribution in [2.75, 3.05) is 0 Å². The van der Waals surface area contributed by atoms with E-state index in [2.05, 4.69) is 67.5 Å². The van der Waals surface area contributed by atoms with Crippen LogP contribution in [0.1, 0.15) is 75.2 Å². The van der Waals surface area contributed by atoms with E-state index in [-0.39, 0.29) is 16.9 Å². The normalized spacial score (nSPS) is 33.0. The van der Waals surface area contributed by atoms with E-state index in [1.807, 2.05) is 0 Å². The van der Waals surface area contributed by atoms with E-state index in [9.17, 15) is 4.91 Å². The Hall–Kier alpha value is -0.400. The van der Waals surface area contributed by atoms with Crippen molar-refractivity contribution < 1.29 is 0 Å². The molecule has 0 N–H and O–H groups in total. The topological polar surface area (TPSA) is 29.4 Å². The van der Waals surface area contributed by atoms with Gasteiger partial charge in [-0.2, -0.15) is 4.91 Å². The van der Waals surface area contributed by atoms with Gasteiger partial charge in [0.15, 0.2) is 0 Å². The molecule has 1 saturated carbocycles. The van der Waals surface area contributed by atoms with Gasteiger partial charge in [-0.25, -0.2) is 0 Å². The van der Waals surface area contributed by atoms with E-state index in [1.54, 1.807) is 0 Å². The molecule has 0 saturated heterocycles. The van der Waals surface area contributed by atoms with Crippen LogP contribution >= 0.6 is 0 Å². The summed E-state index contributed by atoms with van der Waals surface area (Å²) in [6.07, 6.45) is 2.27. The summed E-state index contributed by atoms with van der Waals surface area (Å²) in [7, 11) is 0. The molecule has 118 valence electrons. The van der Waals surface area contributed by atoms with Crippen molar-refractivity contribution >= 4 is 0 Å². The van der Waals surface area contributed by atoms with Crippen molar-refractivity contribution in [1.82, 2.24) is 0 Å². The van der Waals surface area contributed by atoms with Gasteiger partial charge in [0, 0.05) is 0 Å². The van der Waals surface area contributed by atoms with Gasteiger partial charge in [0.05, 0.1) is 6.04 Å². The smallest absolute Gasteiger partial charge is 0.0985 e. The Labute approximate surface area is 126 Å². The summed E-state index contributed by atoms with van der Waals surface area (Å²) in [6, 6.07) is -0.0337. The minimum atomic E-state index is -0.0337. The first-order chi connectivity index (χ1) is 8.78. The van der Waals surface area contributed by atoms with Gasteiger partial charge < -0.3 is 0 Å². The highest BCUT2D eigenvalue weighted by Gasteiger charge is 2.49. The third-order valence-electron chi connectivity index (χ3n) is 5.47. The number of hydrogen-bond acceptors (Lipinski definition) is 2. The van der Waals surface area contributed by atoms with Crippen LogP contribution < -0.4 is 0 Å². The molecular formula is C18H35NO. The molecule has 0 amide bonds. The summed E-state index contributed by atoms with van der Waals surface area (Å²) < 4.78 is 0. The van der Waals surface area contributed by atoms with E-state index in [1.165, 1.54) is 0 Å². The fourth-order valence-corrected chi connectivity index (χ4v) is 3.85. The van der Waals surface area contributed by atoms with E-state index >= 15 is 0 Å². The highest BCUT2D eigenvalue weighted by Crippen LogP contribution is 2.53. The minimum absolute atomic E-state index is 0.0337. The molecule has 1 fully saturated rings. The second kappa shape index (κ2) is 5.42. The third-order valence-corrected chi connectivity index (χ3v) is 5.47. The van der Waals surface area contributed by atoms with E-state index in [0.717, 1.165) is 12.8 Å². The molecule has 0 spiro atoms. The Morgan fingerprint density at radius 1 is 0.700 bits per heavy atom. The molecule has 0 aliphatic heterocycles. The average Bonchev–Trinajstić information content (AvgIpc) is 2.23. The molecule has 1 rings (SSSR count). The van der Waals surface area contributed by atoms with Gasteiger partial charge in [-0.3, -0.25) is 0 Å². The number of rotatable bonds is 1. The molecule has 2 atom stereocenters.